The Labute approximate surface area is 217 Å². The molecule has 2 aromatic carbocycles. The van der Waals surface area contributed by atoms with Crippen LogP contribution in [0.3, 0.4) is 0 Å². The number of carboxylic acid groups (broad SMARTS) is 2. The lowest BCUT2D eigenvalue weighted by Crippen LogP contribution is -2.51. The maximum atomic E-state index is 14.1. The molecule has 3 rings (SSSR count). The van der Waals surface area contributed by atoms with E-state index >= 15 is 0 Å². The summed E-state index contributed by atoms with van der Waals surface area (Å²) in [5, 5.41) is 19.7. The summed E-state index contributed by atoms with van der Waals surface area (Å²) in [6.07, 6.45) is -4.29. The Morgan fingerprint density at radius 1 is 1.05 bits per heavy atom. The zero-order valence-corrected chi connectivity index (χ0v) is 20.7. The van der Waals surface area contributed by atoms with Gasteiger partial charge in [0.15, 0.2) is 5.96 Å². The van der Waals surface area contributed by atoms with Crippen LogP contribution in [0.25, 0.3) is 0 Å². The Morgan fingerprint density at radius 3 is 2.29 bits per heavy atom. The number of halogens is 4. The van der Waals surface area contributed by atoms with Crippen LogP contribution in [0.2, 0.25) is 0 Å². The van der Waals surface area contributed by atoms with E-state index in [1.807, 2.05) is 24.0 Å². The molecule has 1 aliphatic heterocycles. The summed E-state index contributed by atoms with van der Waals surface area (Å²) in [6.45, 7) is 6.53. The Bertz CT molecular complexity index is 1090. The Balaban J connectivity index is 0.000000638. The number of aliphatic imine (C=N–C) groups is 1. The summed E-state index contributed by atoms with van der Waals surface area (Å²) >= 11 is 0. The van der Waals surface area contributed by atoms with Gasteiger partial charge in [0.2, 0.25) is 0 Å². The van der Waals surface area contributed by atoms with Crippen molar-refractivity contribution in [2.24, 2.45) is 4.99 Å². The summed E-state index contributed by atoms with van der Waals surface area (Å²) in [7, 11) is 0. The fourth-order valence-corrected chi connectivity index (χ4v) is 3.44. The van der Waals surface area contributed by atoms with Gasteiger partial charge in [0.25, 0.3) is 0 Å². The Morgan fingerprint density at radius 2 is 1.71 bits per heavy atom. The highest BCUT2D eigenvalue weighted by molar-refractivity contribution is 5.96. The van der Waals surface area contributed by atoms with Crippen molar-refractivity contribution in [1.82, 2.24) is 4.90 Å². The molecule has 0 amide bonds. The summed E-state index contributed by atoms with van der Waals surface area (Å²) in [4.78, 5) is 29.1. The van der Waals surface area contributed by atoms with Crippen molar-refractivity contribution in [2.45, 2.75) is 19.5 Å². The van der Waals surface area contributed by atoms with Crippen LogP contribution in [-0.2, 0) is 9.53 Å². The van der Waals surface area contributed by atoms with Crippen molar-refractivity contribution in [3.63, 3.8) is 0 Å². The number of ether oxygens (including phenoxy) is 1. The molecule has 0 unspecified atom stereocenters. The molecule has 3 N–H and O–H groups in total. The molecule has 0 aliphatic carbocycles. The van der Waals surface area contributed by atoms with Crippen molar-refractivity contribution in [2.75, 3.05) is 56.2 Å². The molecule has 0 radical (unpaired) electrons. The third-order valence-electron chi connectivity index (χ3n) is 5.29. The number of hydrogen-bond donors (Lipinski definition) is 3. The summed E-state index contributed by atoms with van der Waals surface area (Å²) in [5.41, 5.74) is 1.49. The van der Waals surface area contributed by atoms with Crippen LogP contribution >= 0.6 is 0 Å². The van der Waals surface area contributed by atoms with Crippen LogP contribution in [0.1, 0.15) is 23.7 Å². The van der Waals surface area contributed by atoms with Gasteiger partial charge in [-0.1, -0.05) is 18.2 Å². The third-order valence-corrected chi connectivity index (χ3v) is 5.29. The topological polar surface area (TPSA) is 115 Å². The molecule has 0 saturated carbocycles. The molecule has 1 saturated heterocycles. The van der Waals surface area contributed by atoms with Gasteiger partial charge in [0, 0.05) is 51.6 Å². The number of alkyl halides is 3. The maximum Gasteiger partial charge on any atom is 0.490 e. The van der Waals surface area contributed by atoms with Gasteiger partial charge >= 0.3 is 18.1 Å². The van der Waals surface area contributed by atoms with Crippen LogP contribution in [0.4, 0.5) is 28.9 Å². The first-order valence-corrected chi connectivity index (χ1v) is 11.8. The number of anilines is 2. The zero-order valence-electron chi connectivity index (χ0n) is 20.7. The van der Waals surface area contributed by atoms with E-state index in [1.54, 1.807) is 30.3 Å². The number of aromatic carboxylic acids is 1. The first kappa shape index (κ1) is 30.4. The van der Waals surface area contributed by atoms with Crippen LogP contribution in [0, 0.1) is 5.82 Å². The lowest BCUT2D eigenvalue weighted by molar-refractivity contribution is -0.192. The first-order valence-electron chi connectivity index (χ1n) is 11.8. The number of aliphatic carboxylic acids is 1. The highest BCUT2D eigenvalue weighted by atomic mass is 19.4. The van der Waals surface area contributed by atoms with Gasteiger partial charge in [-0.3, -0.25) is 4.99 Å². The predicted molar refractivity (Wildman–Crippen MR) is 134 cm³/mol. The molecule has 0 aromatic heterocycles. The molecule has 0 spiro atoms. The van der Waals surface area contributed by atoms with Crippen molar-refractivity contribution in [1.29, 1.82) is 0 Å². The SMILES string of the molecule is CCOCCCN=C(Nc1cccc(C(=O)O)c1)N1CCN(c2ccccc2F)CC1.O=C(O)C(F)(F)F. The number of piperazine rings is 1. The number of nitrogens with zero attached hydrogens (tertiary/aromatic N) is 3. The van der Waals surface area contributed by atoms with Gasteiger partial charge in [-0.05, 0) is 43.7 Å². The molecule has 0 atom stereocenters. The Kier molecular flexibility index (Phi) is 11.8. The predicted octanol–water partition coefficient (Wildman–Crippen LogP) is 4.17. The average Bonchev–Trinajstić information content (AvgIpc) is 2.88. The van der Waals surface area contributed by atoms with E-state index in [0.717, 1.165) is 6.42 Å². The van der Waals surface area contributed by atoms with E-state index in [0.29, 0.717) is 63.3 Å². The van der Waals surface area contributed by atoms with Gasteiger partial charge in [0.1, 0.15) is 5.82 Å². The van der Waals surface area contributed by atoms with E-state index in [1.165, 1.54) is 6.07 Å². The van der Waals surface area contributed by atoms with E-state index < -0.39 is 18.1 Å². The zero-order chi connectivity index (χ0) is 28.1. The highest BCUT2D eigenvalue weighted by Crippen LogP contribution is 2.21. The third kappa shape index (κ3) is 9.88. The van der Waals surface area contributed by atoms with Gasteiger partial charge in [-0.2, -0.15) is 13.2 Å². The van der Waals surface area contributed by atoms with Crippen molar-refractivity contribution >= 4 is 29.3 Å². The lowest BCUT2D eigenvalue weighted by Gasteiger charge is -2.37. The van der Waals surface area contributed by atoms with E-state index in [2.05, 4.69) is 10.2 Å². The minimum absolute atomic E-state index is 0.213. The van der Waals surface area contributed by atoms with Gasteiger partial charge < -0.3 is 30.1 Å². The number of benzene rings is 2. The summed E-state index contributed by atoms with van der Waals surface area (Å²) < 4.78 is 51.3. The van der Waals surface area contributed by atoms with Crippen LogP contribution in [-0.4, -0.2) is 85.1 Å². The summed E-state index contributed by atoms with van der Waals surface area (Å²) in [5.74, 6) is -3.26. The van der Waals surface area contributed by atoms with Gasteiger partial charge in [-0.25, -0.2) is 14.0 Å². The second kappa shape index (κ2) is 14.8. The molecule has 2 aromatic rings. The van der Waals surface area contributed by atoms with E-state index in [4.69, 9.17) is 19.6 Å². The van der Waals surface area contributed by atoms with Crippen molar-refractivity contribution in [3.8, 4) is 0 Å². The van der Waals surface area contributed by atoms with E-state index in [9.17, 15) is 27.5 Å². The number of para-hydroxylation sites is 1. The normalized spacial score (nSPS) is 14.0. The molecule has 1 aliphatic rings. The molecule has 1 heterocycles. The lowest BCUT2D eigenvalue weighted by atomic mass is 10.2. The van der Waals surface area contributed by atoms with Crippen LogP contribution in [0.5, 0.6) is 0 Å². The number of rotatable bonds is 8. The molecular formula is C25H30F4N4O5. The number of guanidine groups is 1. The maximum absolute atomic E-state index is 14.1. The van der Waals surface area contributed by atoms with E-state index in [-0.39, 0.29) is 11.4 Å². The van der Waals surface area contributed by atoms with Crippen LogP contribution < -0.4 is 10.2 Å². The molecule has 208 valence electrons. The average molecular weight is 543 g/mol. The number of carboxylic acids is 2. The molecule has 13 heteroatoms. The molecule has 9 nitrogen and oxygen atoms in total. The van der Waals surface area contributed by atoms with Crippen molar-refractivity contribution in [3.05, 3.63) is 59.9 Å². The number of nitrogens with one attached hydrogen (secondary N) is 1. The first-order chi connectivity index (χ1) is 18.0. The molecule has 1 fully saturated rings. The molecular weight excluding hydrogens is 512 g/mol. The molecule has 0 bridgehead atoms. The minimum Gasteiger partial charge on any atom is -0.478 e. The van der Waals surface area contributed by atoms with Gasteiger partial charge in [-0.15, -0.1) is 0 Å². The quantitative estimate of drug-likeness (QED) is 0.197. The second-order valence-corrected chi connectivity index (χ2v) is 8.00. The fourth-order valence-electron chi connectivity index (χ4n) is 3.44. The van der Waals surface area contributed by atoms with Gasteiger partial charge in [0.05, 0.1) is 11.3 Å². The van der Waals surface area contributed by atoms with Crippen molar-refractivity contribution < 1.29 is 42.1 Å². The summed E-state index contributed by atoms with van der Waals surface area (Å²) in [6, 6.07) is 13.5. The monoisotopic (exact) mass is 542 g/mol. The number of carbonyl (C=O) groups is 2. The number of hydrogen-bond acceptors (Lipinski definition) is 5. The molecule has 38 heavy (non-hydrogen) atoms. The Hall–Kier alpha value is -3.87. The smallest absolute Gasteiger partial charge is 0.478 e. The minimum atomic E-state index is -5.08. The highest BCUT2D eigenvalue weighted by Gasteiger charge is 2.38. The standard InChI is InChI=1S/C23H29FN4O3.C2HF3O2/c1-2-31-16-6-11-25-23(26-19-8-5-7-18(17-19)22(29)30)28-14-12-27(13-15-28)21-10-4-3-9-20(21)24;3-2(4,5)1(6)7/h3-5,7-10,17H,2,6,11-16H2,1H3,(H,25,26)(H,29,30);(H,6,7). The second-order valence-electron chi connectivity index (χ2n) is 8.00. The largest absolute Gasteiger partial charge is 0.490 e. The fraction of sp³-hybridized carbons (Fsp3) is 0.400. The van der Waals surface area contributed by atoms with Crippen LogP contribution in [0.15, 0.2) is 53.5 Å².